The summed E-state index contributed by atoms with van der Waals surface area (Å²) in [4.78, 5) is 27.4. The number of nitrogens with zero attached hydrogens (tertiary/aromatic N) is 6. The molecular formula is C24H25N7O3S2. The Hall–Kier alpha value is -3.38. The maximum Gasteiger partial charge on any atom is 0.210 e. The zero-order chi connectivity index (χ0) is 25.2. The van der Waals surface area contributed by atoms with Crippen LogP contribution in [-0.4, -0.2) is 62.6 Å². The Morgan fingerprint density at radius 1 is 1.11 bits per heavy atom. The maximum atomic E-state index is 12.9. The molecule has 2 aliphatic rings. The van der Waals surface area contributed by atoms with Gasteiger partial charge in [0, 0.05) is 47.0 Å². The number of thiazole rings is 1. The monoisotopic (exact) mass is 523 g/mol. The van der Waals surface area contributed by atoms with Crippen molar-refractivity contribution in [2.45, 2.75) is 55.5 Å². The molecule has 0 unspecified atom stereocenters. The van der Waals surface area contributed by atoms with Crippen molar-refractivity contribution in [3.63, 3.8) is 0 Å². The van der Waals surface area contributed by atoms with Crippen LogP contribution in [0, 0.1) is 6.92 Å². The van der Waals surface area contributed by atoms with Gasteiger partial charge < -0.3 is 10.6 Å². The van der Waals surface area contributed by atoms with Crippen molar-refractivity contribution in [1.82, 2.24) is 29.5 Å². The first-order chi connectivity index (χ1) is 17.2. The summed E-state index contributed by atoms with van der Waals surface area (Å²) in [5, 5.41) is 7.32. The fraction of sp³-hybridized carbons (Fsp3) is 0.375. The van der Waals surface area contributed by atoms with E-state index in [2.05, 4.69) is 15.1 Å². The van der Waals surface area contributed by atoms with E-state index in [1.807, 2.05) is 29.3 Å². The van der Waals surface area contributed by atoms with Crippen molar-refractivity contribution >= 4 is 39.0 Å². The lowest BCUT2D eigenvalue weighted by molar-refractivity contribution is -0.122. The van der Waals surface area contributed by atoms with Crippen LogP contribution in [0.15, 0.2) is 34.8 Å². The second-order valence-electron chi connectivity index (χ2n) is 9.57. The first-order valence-electron chi connectivity index (χ1n) is 11.7. The number of rotatable bonds is 5. The van der Waals surface area contributed by atoms with E-state index in [0.29, 0.717) is 29.7 Å². The first-order valence-corrected chi connectivity index (χ1v) is 14.5. The first kappa shape index (κ1) is 23.0. The summed E-state index contributed by atoms with van der Waals surface area (Å²) in [5.74, 6) is -0.0664. The fourth-order valence-electron chi connectivity index (χ4n) is 5.67. The van der Waals surface area contributed by atoms with Gasteiger partial charge in [0.1, 0.15) is 10.7 Å². The minimum Gasteiger partial charge on any atom is -0.382 e. The summed E-state index contributed by atoms with van der Waals surface area (Å²) in [6, 6.07) is 4.01. The standard InChI is InChI=1S/C24H25N7O3S2/c1-13-28-20(11-35-13)19-6-3-14(9-26-19)18-10-27-31-23(25)22(36(2,33)34)21(29-24(18)31)15-7-16-4-5-17(8-15)30(16)12-32/h3,6,9-12,15-17H,4-5,7-8,25H2,1-2H3/t15-,16+,17-. The summed E-state index contributed by atoms with van der Waals surface area (Å²) >= 11 is 1.57. The molecule has 6 rings (SSSR count). The SMILES string of the molecule is Cc1nc(-c2ccc(-c3cnn4c(N)c(S(C)(=O)=O)c([C@H]5C[C@H]6CC[C@@H](C5)N6C=O)nc34)cn2)cs1. The number of amides is 1. The Bertz CT molecular complexity index is 1580. The molecule has 3 atom stereocenters. The van der Waals surface area contributed by atoms with Crippen LogP contribution in [-0.2, 0) is 14.6 Å². The lowest BCUT2D eigenvalue weighted by Gasteiger charge is -2.36. The maximum absolute atomic E-state index is 12.9. The Morgan fingerprint density at radius 2 is 1.86 bits per heavy atom. The van der Waals surface area contributed by atoms with Gasteiger partial charge in [0.2, 0.25) is 6.41 Å². The highest BCUT2D eigenvalue weighted by Crippen LogP contribution is 2.44. The molecule has 10 nitrogen and oxygen atoms in total. The third kappa shape index (κ3) is 3.66. The van der Waals surface area contributed by atoms with Crippen molar-refractivity contribution in [3.8, 4) is 22.5 Å². The Balaban J connectivity index is 1.46. The molecule has 0 saturated carbocycles. The number of pyridine rings is 1. The number of carbonyl (C=O) groups is 1. The molecule has 2 saturated heterocycles. The van der Waals surface area contributed by atoms with Crippen LogP contribution in [0.3, 0.4) is 0 Å². The van der Waals surface area contributed by atoms with E-state index in [1.165, 1.54) is 4.52 Å². The largest absolute Gasteiger partial charge is 0.382 e. The number of hydrogen-bond donors (Lipinski definition) is 1. The van der Waals surface area contributed by atoms with Gasteiger partial charge in [-0.1, -0.05) is 6.07 Å². The molecule has 0 aromatic carbocycles. The third-order valence-electron chi connectivity index (χ3n) is 7.29. The molecule has 2 aliphatic heterocycles. The van der Waals surface area contributed by atoms with E-state index in [-0.39, 0.29) is 28.7 Å². The van der Waals surface area contributed by atoms with Crippen LogP contribution in [0.25, 0.3) is 28.2 Å². The quantitative estimate of drug-likeness (QED) is 0.394. The van der Waals surface area contributed by atoms with Gasteiger partial charge in [-0.15, -0.1) is 11.3 Å². The molecule has 2 N–H and O–H groups in total. The van der Waals surface area contributed by atoms with Crippen molar-refractivity contribution < 1.29 is 13.2 Å². The lowest BCUT2D eigenvalue weighted by atomic mass is 9.88. The van der Waals surface area contributed by atoms with Crippen LogP contribution >= 0.6 is 11.3 Å². The van der Waals surface area contributed by atoms with Crippen LogP contribution in [0.4, 0.5) is 5.82 Å². The third-order valence-corrected chi connectivity index (χ3v) is 9.22. The molecule has 36 heavy (non-hydrogen) atoms. The average molecular weight is 524 g/mol. The average Bonchev–Trinajstić information content (AvgIpc) is 3.53. The molecule has 4 aromatic rings. The Labute approximate surface area is 212 Å². The molecule has 0 spiro atoms. The van der Waals surface area contributed by atoms with Gasteiger partial charge >= 0.3 is 0 Å². The molecule has 0 aliphatic carbocycles. The number of nitrogens with two attached hydrogens (primary N) is 1. The number of fused-ring (bicyclic) bond motifs is 3. The second-order valence-corrected chi connectivity index (χ2v) is 12.6. The summed E-state index contributed by atoms with van der Waals surface area (Å²) in [6.07, 6.45) is 8.60. The van der Waals surface area contributed by atoms with Crippen LogP contribution in [0.1, 0.15) is 42.3 Å². The summed E-state index contributed by atoms with van der Waals surface area (Å²) in [5.41, 5.74) is 10.5. The van der Waals surface area contributed by atoms with Gasteiger partial charge in [-0.05, 0) is 38.7 Å². The summed E-state index contributed by atoms with van der Waals surface area (Å²) in [6.45, 7) is 1.95. The molecule has 1 amide bonds. The number of sulfone groups is 1. The van der Waals surface area contributed by atoms with E-state index >= 15 is 0 Å². The van der Waals surface area contributed by atoms with Crippen LogP contribution in [0.5, 0.6) is 0 Å². The van der Waals surface area contributed by atoms with Gasteiger partial charge in [0.15, 0.2) is 15.5 Å². The van der Waals surface area contributed by atoms with Crippen molar-refractivity contribution in [2.24, 2.45) is 0 Å². The van der Waals surface area contributed by atoms with Gasteiger partial charge in [-0.3, -0.25) is 9.78 Å². The van der Waals surface area contributed by atoms with E-state index in [1.54, 1.807) is 23.7 Å². The highest BCUT2D eigenvalue weighted by Gasteiger charge is 2.42. The van der Waals surface area contributed by atoms with E-state index in [4.69, 9.17) is 10.7 Å². The van der Waals surface area contributed by atoms with E-state index in [9.17, 15) is 13.2 Å². The van der Waals surface area contributed by atoms with Crippen molar-refractivity contribution in [2.75, 3.05) is 12.0 Å². The lowest BCUT2D eigenvalue weighted by Crippen LogP contribution is -2.41. The topological polar surface area (TPSA) is 136 Å². The highest BCUT2D eigenvalue weighted by molar-refractivity contribution is 7.91. The molecule has 6 heterocycles. The molecule has 0 radical (unpaired) electrons. The molecule has 12 heteroatoms. The Morgan fingerprint density at radius 3 is 2.44 bits per heavy atom. The smallest absolute Gasteiger partial charge is 0.210 e. The summed E-state index contributed by atoms with van der Waals surface area (Å²) in [7, 11) is -3.68. The van der Waals surface area contributed by atoms with E-state index in [0.717, 1.165) is 47.5 Å². The zero-order valence-electron chi connectivity index (χ0n) is 19.8. The minimum absolute atomic E-state index is 0.0287. The predicted molar refractivity (Wildman–Crippen MR) is 136 cm³/mol. The molecular weight excluding hydrogens is 498 g/mol. The van der Waals surface area contributed by atoms with Gasteiger partial charge in [-0.2, -0.15) is 9.61 Å². The zero-order valence-corrected chi connectivity index (χ0v) is 21.5. The number of piperidine rings is 1. The highest BCUT2D eigenvalue weighted by atomic mass is 32.2. The molecule has 2 fully saturated rings. The fourth-order valence-corrected chi connectivity index (χ4v) is 7.34. The number of nitrogen functional groups attached to an aromatic ring is 1. The number of hydrogen-bond acceptors (Lipinski definition) is 9. The number of aromatic nitrogens is 5. The van der Waals surface area contributed by atoms with Crippen molar-refractivity contribution in [1.29, 1.82) is 0 Å². The number of carbonyl (C=O) groups excluding carboxylic acids is 1. The van der Waals surface area contributed by atoms with Gasteiger partial charge in [0.25, 0.3) is 0 Å². The number of aryl methyl sites for hydroxylation is 1. The molecule has 4 aromatic heterocycles. The van der Waals surface area contributed by atoms with Crippen LogP contribution in [0.2, 0.25) is 0 Å². The minimum atomic E-state index is -3.68. The van der Waals surface area contributed by atoms with Gasteiger partial charge in [0.05, 0.1) is 28.3 Å². The second kappa shape index (κ2) is 8.34. The molecule has 186 valence electrons. The van der Waals surface area contributed by atoms with Crippen molar-refractivity contribution in [3.05, 3.63) is 40.6 Å². The van der Waals surface area contributed by atoms with Gasteiger partial charge in [-0.25, -0.2) is 18.4 Å². The normalized spacial score (nSPS) is 21.8. The summed E-state index contributed by atoms with van der Waals surface area (Å²) < 4.78 is 27.1. The van der Waals surface area contributed by atoms with Crippen LogP contribution < -0.4 is 5.73 Å². The Kier molecular flexibility index (Phi) is 5.34. The van der Waals surface area contributed by atoms with E-state index < -0.39 is 9.84 Å². The predicted octanol–water partition coefficient (Wildman–Crippen LogP) is 3.08. The number of anilines is 1. The molecule has 2 bridgehead atoms.